The van der Waals surface area contributed by atoms with Crippen LogP contribution in [-0.4, -0.2) is 63.0 Å². The molecule has 19 heavy (non-hydrogen) atoms. The van der Waals surface area contributed by atoms with E-state index >= 15 is 0 Å². The molecule has 0 amide bonds. The molecule has 5 nitrogen and oxygen atoms in total. The van der Waals surface area contributed by atoms with Gasteiger partial charge in [0.15, 0.2) is 5.96 Å². The van der Waals surface area contributed by atoms with Gasteiger partial charge in [-0.15, -0.1) is 24.0 Å². The largest absolute Gasteiger partial charge is 0.363 e. The molecule has 0 unspecified atom stereocenters. The molecule has 1 heterocycles. The Hall–Kier alpha value is -1.05. The highest BCUT2D eigenvalue weighted by Crippen LogP contribution is 2.10. The van der Waals surface area contributed by atoms with Crippen LogP contribution in [0.4, 0.5) is 5.82 Å². The van der Waals surface area contributed by atoms with Crippen molar-refractivity contribution in [3.63, 3.8) is 0 Å². The Balaban J connectivity index is 0.00000324. The van der Waals surface area contributed by atoms with Crippen LogP contribution in [0.1, 0.15) is 5.56 Å². The van der Waals surface area contributed by atoms with Gasteiger partial charge >= 0.3 is 0 Å². The number of aliphatic imine (C=N–C) groups is 1. The molecule has 0 saturated heterocycles. The molecule has 1 rings (SSSR count). The van der Waals surface area contributed by atoms with Gasteiger partial charge in [-0.25, -0.2) is 9.98 Å². The van der Waals surface area contributed by atoms with Gasteiger partial charge in [0.2, 0.25) is 0 Å². The number of guanidine groups is 1. The fourth-order valence-corrected chi connectivity index (χ4v) is 1.65. The minimum absolute atomic E-state index is 0. The summed E-state index contributed by atoms with van der Waals surface area (Å²) in [5.74, 6) is 1.91. The molecular weight excluding hydrogens is 353 g/mol. The van der Waals surface area contributed by atoms with Crippen molar-refractivity contribution in [3.8, 4) is 0 Å². The molecule has 0 aromatic carbocycles. The van der Waals surface area contributed by atoms with E-state index in [1.807, 2.05) is 69.2 Å². The minimum atomic E-state index is 0. The van der Waals surface area contributed by atoms with Crippen LogP contribution < -0.4 is 4.90 Å². The third kappa shape index (κ3) is 5.63. The second-order valence-electron chi connectivity index (χ2n) is 4.82. The number of hydrogen-bond donors (Lipinski definition) is 0. The normalized spacial score (nSPS) is 9.37. The first-order chi connectivity index (χ1) is 8.41. The quantitative estimate of drug-likeness (QED) is 0.457. The first-order valence-electron chi connectivity index (χ1n) is 5.93. The van der Waals surface area contributed by atoms with Gasteiger partial charge in [-0.05, 0) is 17.7 Å². The minimum Gasteiger partial charge on any atom is -0.363 e. The Kier molecular flexibility index (Phi) is 7.73. The SMILES string of the molecule is CN(C)C(=NCc1ccnc(N(C)C)c1)N(C)C.I. The maximum absolute atomic E-state index is 4.62. The van der Waals surface area contributed by atoms with Gasteiger partial charge < -0.3 is 14.7 Å². The van der Waals surface area contributed by atoms with E-state index in [9.17, 15) is 0 Å². The fraction of sp³-hybridized carbons (Fsp3) is 0.538. The van der Waals surface area contributed by atoms with E-state index < -0.39 is 0 Å². The fourth-order valence-electron chi connectivity index (χ4n) is 1.65. The lowest BCUT2D eigenvalue weighted by Gasteiger charge is -2.22. The summed E-state index contributed by atoms with van der Waals surface area (Å²) in [5.41, 5.74) is 1.16. The Bertz CT molecular complexity index is 405. The molecule has 0 aliphatic carbocycles. The number of pyridine rings is 1. The number of aromatic nitrogens is 1. The number of hydrogen-bond acceptors (Lipinski definition) is 3. The van der Waals surface area contributed by atoms with Gasteiger partial charge in [0.05, 0.1) is 6.54 Å². The molecule has 0 fully saturated rings. The van der Waals surface area contributed by atoms with Crippen LogP contribution in [-0.2, 0) is 6.54 Å². The summed E-state index contributed by atoms with van der Waals surface area (Å²) in [6.07, 6.45) is 1.82. The predicted molar refractivity (Wildman–Crippen MR) is 92.5 cm³/mol. The van der Waals surface area contributed by atoms with Crippen molar-refractivity contribution in [3.05, 3.63) is 23.9 Å². The summed E-state index contributed by atoms with van der Waals surface area (Å²) in [6, 6.07) is 4.06. The summed E-state index contributed by atoms with van der Waals surface area (Å²) in [5, 5.41) is 0. The second-order valence-corrected chi connectivity index (χ2v) is 4.82. The third-order valence-corrected chi connectivity index (χ3v) is 2.47. The number of nitrogens with zero attached hydrogens (tertiary/aromatic N) is 5. The van der Waals surface area contributed by atoms with E-state index in [1.165, 1.54) is 0 Å². The second kappa shape index (κ2) is 8.19. The molecule has 0 radical (unpaired) electrons. The lowest BCUT2D eigenvalue weighted by Crippen LogP contribution is -2.35. The van der Waals surface area contributed by atoms with Crippen LogP contribution >= 0.6 is 24.0 Å². The topological polar surface area (TPSA) is 35.0 Å². The van der Waals surface area contributed by atoms with Crippen molar-refractivity contribution in [2.75, 3.05) is 47.2 Å². The predicted octanol–water partition coefficient (Wildman–Crippen LogP) is 1.74. The standard InChI is InChI=1S/C13H23N5.HI/c1-16(2)12-9-11(7-8-14-12)10-15-13(17(3)4)18(5)6;/h7-9H,10H2,1-6H3;1H. The molecule has 108 valence electrons. The van der Waals surface area contributed by atoms with E-state index in [4.69, 9.17) is 0 Å². The van der Waals surface area contributed by atoms with Crippen LogP contribution in [0.15, 0.2) is 23.3 Å². The summed E-state index contributed by atoms with van der Waals surface area (Å²) < 4.78 is 0. The zero-order valence-corrected chi connectivity index (χ0v) is 14.9. The zero-order chi connectivity index (χ0) is 13.7. The molecule has 0 atom stereocenters. The lowest BCUT2D eigenvalue weighted by molar-refractivity contribution is 0.479. The Labute approximate surface area is 133 Å². The zero-order valence-electron chi connectivity index (χ0n) is 12.6. The molecular formula is C13H24IN5. The van der Waals surface area contributed by atoms with Crippen molar-refractivity contribution < 1.29 is 0 Å². The number of rotatable bonds is 3. The van der Waals surface area contributed by atoms with Crippen LogP contribution in [0.2, 0.25) is 0 Å². The van der Waals surface area contributed by atoms with Crippen LogP contribution in [0, 0.1) is 0 Å². The molecule has 0 saturated carbocycles. The van der Waals surface area contributed by atoms with Crippen molar-refractivity contribution in [2.24, 2.45) is 4.99 Å². The number of halogens is 1. The van der Waals surface area contributed by atoms with Crippen LogP contribution in [0.5, 0.6) is 0 Å². The highest BCUT2D eigenvalue weighted by molar-refractivity contribution is 14.0. The third-order valence-electron chi connectivity index (χ3n) is 2.47. The molecule has 1 aromatic heterocycles. The average Bonchev–Trinajstić information content (AvgIpc) is 2.28. The highest BCUT2D eigenvalue weighted by atomic mass is 127. The van der Waals surface area contributed by atoms with E-state index in [1.54, 1.807) is 0 Å². The molecule has 0 aliphatic heterocycles. The van der Waals surface area contributed by atoms with Crippen molar-refractivity contribution in [1.29, 1.82) is 0 Å². The maximum Gasteiger partial charge on any atom is 0.195 e. The Morgan fingerprint density at radius 2 is 1.68 bits per heavy atom. The van der Waals surface area contributed by atoms with E-state index in [0.717, 1.165) is 17.3 Å². The van der Waals surface area contributed by atoms with Crippen molar-refractivity contribution >= 4 is 35.8 Å². The van der Waals surface area contributed by atoms with Crippen molar-refractivity contribution in [1.82, 2.24) is 14.8 Å². The van der Waals surface area contributed by atoms with E-state index in [-0.39, 0.29) is 24.0 Å². The van der Waals surface area contributed by atoms with Gasteiger partial charge in [0, 0.05) is 48.5 Å². The van der Waals surface area contributed by atoms with Crippen LogP contribution in [0.3, 0.4) is 0 Å². The Morgan fingerprint density at radius 1 is 1.11 bits per heavy atom. The van der Waals surface area contributed by atoms with Gasteiger partial charge in [-0.2, -0.15) is 0 Å². The molecule has 1 aromatic rings. The van der Waals surface area contributed by atoms with Crippen LogP contribution in [0.25, 0.3) is 0 Å². The monoisotopic (exact) mass is 377 g/mol. The summed E-state index contributed by atoms with van der Waals surface area (Å²) >= 11 is 0. The summed E-state index contributed by atoms with van der Waals surface area (Å²) in [6.45, 7) is 0.662. The summed E-state index contributed by atoms with van der Waals surface area (Å²) in [4.78, 5) is 14.9. The molecule has 0 spiro atoms. The summed E-state index contributed by atoms with van der Waals surface area (Å²) in [7, 11) is 12.0. The smallest absolute Gasteiger partial charge is 0.195 e. The number of anilines is 1. The lowest BCUT2D eigenvalue weighted by atomic mass is 10.2. The molecule has 0 bridgehead atoms. The first-order valence-corrected chi connectivity index (χ1v) is 5.93. The highest BCUT2D eigenvalue weighted by Gasteiger charge is 2.04. The Morgan fingerprint density at radius 3 is 2.16 bits per heavy atom. The van der Waals surface area contributed by atoms with Gasteiger partial charge in [0.1, 0.15) is 5.82 Å². The van der Waals surface area contributed by atoms with E-state index in [0.29, 0.717) is 6.54 Å². The maximum atomic E-state index is 4.62. The first kappa shape index (κ1) is 17.9. The van der Waals surface area contributed by atoms with Gasteiger partial charge in [-0.1, -0.05) is 0 Å². The average molecular weight is 377 g/mol. The van der Waals surface area contributed by atoms with Crippen molar-refractivity contribution in [2.45, 2.75) is 6.54 Å². The van der Waals surface area contributed by atoms with E-state index in [2.05, 4.69) is 16.0 Å². The molecule has 6 heteroatoms. The van der Waals surface area contributed by atoms with Gasteiger partial charge in [-0.3, -0.25) is 0 Å². The molecule has 0 N–H and O–H groups in total. The molecule has 0 aliphatic rings. The van der Waals surface area contributed by atoms with Gasteiger partial charge in [0.25, 0.3) is 0 Å².